The highest BCUT2D eigenvalue weighted by Gasteiger charge is 2.03. The topological polar surface area (TPSA) is 55.4 Å². The second kappa shape index (κ2) is 10.3. The van der Waals surface area contributed by atoms with E-state index in [0.717, 1.165) is 24.8 Å². The van der Waals surface area contributed by atoms with Crippen LogP contribution in [0.5, 0.6) is 0 Å². The van der Waals surface area contributed by atoms with E-state index in [0.29, 0.717) is 6.42 Å². The van der Waals surface area contributed by atoms with Gasteiger partial charge in [0, 0.05) is 12.5 Å². The van der Waals surface area contributed by atoms with Crippen molar-refractivity contribution >= 4 is 18.0 Å². The van der Waals surface area contributed by atoms with Gasteiger partial charge in [-0.25, -0.2) is 9.18 Å². The first-order valence-electron chi connectivity index (χ1n) is 7.21. The molecule has 5 heteroatoms. The highest BCUT2D eigenvalue weighted by atomic mass is 19.1. The zero-order chi connectivity index (χ0) is 16.2. The van der Waals surface area contributed by atoms with E-state index in [4.69, 9.17) is 0 Å². The molecule has 0 aliphatic carbocycles. The van der Waals surface area contributed by atoms with Gasteiger partial charge in [0.1, 0.15) is 5.82 Å². The third kappa shape index (κ3) is 7.99. The quantitative estimate of drug-likeness (QED) is 0.363. The Hall–Kier alpha value is -2.43. The van der Waals surface area contributed by atoms with Gasteiger partial charge in [-0.3, -0.25) is 4.79 Å². The fraction of sp³-hybridized carbons (Fsp3) is 0.294. The molecule has 22 heavy (non-hydrogen) atoms. The Morgan fingerprint density at radius 1 is 1.18 bits per heavy atom. The molecule has 1 aromatic rings. The lowest BCUT2D eigenvalue weighted by Gasteiger charge is -2.02. The Morgan fingerprint density at radius 3 is 2.59 bits per heavy atom. The van der Waals surface area contributed by atoms with Crippen molar-refractivity contribution in [2.75, 3.05) is 0 Å². The molecule has 0 aromatic heterocycles. The average molecular weight is 305 g/mol. The molecule has 0 radical (unpaired) electrons. The summed E-state index contributed by atoms with van der Waals surface area (Å²) >= 11 is 0. The van der Waals surface area contributed by atoms with Crippen LogP contribution in [-0.4, -0.2) is 11.9 Å². The molecule has 0 bridgehead atoms. The van der Waals surface area contributed by atoms with Gasteiger partial charge >= 0.3 is 5.97 Å². The van der Waals surface area contributed by atoms with Gasteiger partial charge in [0.25, 0.3) is 5.91 Å². The van der Waals surface area contributed by atoms with Crippen LogP contribution in [0.4, 0.5) is 4.39 Å². The molecule has 0 saturated heterocycles. The Balaban J connectivity index is 2.26. The van der Waals surface area contributed by atoms with E-state index >= 15 is 0 Å². The number of allylic oxidation sites excluding steroid dienone is 2. The summed E-state index contributed by atoms with van der Waals surface area (Å²) in [4.78, 5) is 27.3. The number of unbranched alkanes of at least 4 members (excludes halogenated alkanes) is 2. The Labute approximate surface area is 129 Å². The van der Waals surface area contributed by atoms with Crippen LogP contribution in [0.15, 0.2) is 42.5 Å². The molecule has 0 unspecified atom stereocenters. The minimum absolute atomic E-state index is 0.294. The minimum Gasteiger partial charge on any atom is -0.341 e. The SMILES string of the molecule is CCCCCC(=O)ONC(=O)/C=C/C=C/c1ccc(F)cc1. The maximum Gasteiger partial charge on any atom is 0.332 e. The van der Waals surface area contributed by atoms with Crippen molar-refractivity contribution in [3.63, 3.8) is 0 Å². The van der Waals surface area contributed by atoms with Crippen LogP contribution < -0.4 is 5.48 Å². The second-order valence-electron chi connectivity index (χ2n) is 4.67. The minimum atomic E-state index is -0.521. The van der Waals surface area contributed by atoms with Crippen LogP contribution in [0.1, 0.15) is 38.2 Å². The summed E-state index contributed by atoms with van der Waals surface area (Å²) in [5, 5.41) is 0. The first-order chi connectivity index (χ1) is 10.6. The monoisotopic (exact) mass is 305 g/mol. The number of hydrogen-bond donors (Lipinski definition) is 1. The van der Waals surface area contributed by atoms with Crippen LogP contribution in [0, 0.1) is 5.82 Å². The number of hydrogen-bond acceptors (Lipinski definition) is 3. The molecule has 0 aliphatic rings. The summed E-state index contributed by atoms with van der Waals surface area (Å²) in [6, 6.07) is 5.96. The van der Waals surface area contributed by atoms with E-state index in [9.17, 15) is 14.0 Å². The van der Waals surface area contributed by atoms with E-state index in [1.165, 1.54) is 24.3 Å². The number of carbonyl (C=O) groups excluding carboxylic acids is 2. The fourth-order valence-electron chi connectivity index (χ4n) is 1.60. The number of nitrogens with one attached hydrogen (secondary N) is 1. The van der Waals surface area contributed by atoms with Crippen LogP contribution in [0.3, 0.4) is 0 Å². The van der Waals surface area contributed by atoms with Crippen LogP contribution in [0.25, 0.3) is 6.08 Å². The predicted octanol–water partition coefficient (Wildman–Crippen LogP) is 3.55. The number of halogens is 1. The molecule has 0 heterocycles. The lowest BCUT2D eigenvalue weighted by Crippen LogP contribution is -2.25. The molecule has 4 nitrogen and oxygen atoms in total. The molecular formula is C17H20FNO3. The smallest absolute Gasteiger partial charge is 0.332 e. The molecule has 0 aliphatic heterocycles. The average Bonchev–Trinajstić information content (AvgIpc) is 2.51. The van der Waals surface area contributed by atoms with Gasteiger partial charge in [0.05, 0.1) is 0 Å². The van der Waals surface area contributed by atoms with Crippen molar-refractivity contribution in [1.82, 2.24) is 5.48 Å². The second-order valence-corrected chi connectivity index (χ2v) is 4.67. The molecule has 0 saturated carbocycles. The zero-order valence-electron chi connectivity index (χ0n) is 12.5. The lowest BCUT2D eigenvalue weighted by atomic mass is 10.2. The largest absolute Gasteiger partial charge is 0.341 e. The van der Waals surface area contributed by atoms with Crippen molar-refractivity contribution in [1.29, 1.82) is 0 Å². The van der Waals surface area contributed by atoms with E-state index < -0.39 is 11.9 Å². The Morgan fingerprint density at radius 2 is 1.91 bits per heavy atom. The van der Waals surface area contributed by atoms with E-state index in [1.54, 1.807) is 24.3 Å². The van der Waals surface area contributed by atoms with Crippen molar-refractivity contribution in [3.05, 3.63) is 53.9 Å². The maximum atomic E-state index is 12.7. The van der Waals surface area contributed by atoms with Crippen molar-refractivity contribution in [3.8, 4) is 0 Å². The van der Waals surface area contributed by atoms with Gasteiger partial charge in [0.15, 0.2) is 0 Å². The lowest BCUT2D eigenvalue weighted by molar-refractivity contribution is -0.156. The predicted molar refractivity (Wildman–Crippen MR) is 83.0 cm³/mol. The van der Waals surface area contributed by atoms with E-state index in [1.807, 2.05) is 6.92 Å². The first kappa shape index (κ1) is 17.6. The fourth-order valence-corrected chi connectivity index (χ4v) is 1.60. The van der Waals surface area contributed by atoms with Crippen LogP contribution in [-0.2, 0) is 14.4 Å². The van der Waals surface area contributed by atoms with Crippen molar-refractivity contribution < 1.29 is 18.8 Å². The number of benzene rings is 1. The summed E-state index contributed by atoms with van der Waals surface area (Å²) in [5.74, 6) is -1.27. The molecule has 1 rings (SSSR count). The van der Waals surface area contributed by atoms with Gasteiger partial charge in [0.2, 0.25) is 0 Å². The molecule has 1 aromatic carbocycles. The summed E-state index contributed by atoms with van der Waals surface area (Å²) in [6.07, 6.45) is 9.11. The highest BCUT2D eigenvalue weighted by Crippen LogP contribution is 2.04. The third-order valence-electron chi connectivity index (χ3n) is 2.77. The van der Waals surface area contributed by atoms with Crippen molar-refractivity contribution in [2.45, 2.75) is 32.6 Å². The third-order valence-corrected chi connectivity index (χ3v) is 2.77. The van der Waals surface area contributed by atoms with Gasteiger partial charge in [-0.2, -0.15) is 5.48 Å². The molecule has 0 atom stereocenters. The molecule has 118 valence electrons. The van der Waals surface area contributed by atoms with E-state index in [2.05, 4.69) is 10.3 Å². The van der Waals surface area contributed by atoms with Gasteiger partial charge in [-0.15, -0.1) is 0 Å². The summed E-state index contributed by atoms with van der Waals surface area (Å²) in [7, 11) is 0. The van der Waals surface area contributed by atoms with Crippen molar-refractivity contribution in [2.24, 2.45) is 0 Å². The number of rotatable bonds is 7. The standard InChI is InChI=1S/C17H20FNO3/c1-2-3-4-9-17(21)22-19-16(20)8-6-5-7-14-10-12-15(18)13-11-14/h5-8,10-13H,2-4,9H2,1H3,(H,19,20)/b7-5+,8-6+. The Kier molecular flexibility index (Phi) is 8.27. The molecule has 0 spiro atoms. The van der Waals surface area contributed by atoms with Crippen LogP contribution in [0.2, 0.25) is 0 Å². The number of carbonyl (C=O) groups is 2. The Bertz CT molecular complexity index is 535. The molecule has 0 fully saturated rings. The summed E-state index contributed by atoms with van der Waals surface area (Å²) in [5.41, 5.74) is 2.87. The first-order valence-corrected chi connectivity index (χ1v) is 7.21. The maximum absolute atomic E-state index is 12.7. The summed E-state index contributed by atoms with van der Waals surface area (Å²) in [6.45, 7) is 2.04. The van der Waals surface area contributed by atoms with Gasteiger partial charge < -0.3 is 4.84 Å². The zero-order valence-corrected chi connectivity index (χ0v) is 12.5. The van der Waals surface area contributed by atoms with Gasteiger partial charge in [-0.1, -0.05) is 50.1 Å². The van der Waals surface area contributed by atoms with Crippen LogP contribution >= 0.6 is 0 Å². The molecular weight excluding hydrogens is 285 g/mol. The van der Waals surface area contributed by atoms with E-state index in [-0.39, 0.29) is 5.82 Å². The number of amides is 1. The molecule has 1 N–H and O–H groups in total. The summed E-state index contributed by atoms with van der Waals surface area (Å²) < 4.78 is 12.7. The highest BCUT2D eigenvalue weighted by molar-refractivity contribution is 5.88. The molecule has 1 amide bonds. The normalized spacial score (nSPS) is 11.0. The number of hydroxylamine groups is 1. The van der Waals surface area contributed by atoms with Gasteiger partial charge in [-0.05, 0) is 24.1 Å².